The molecule has 6 nitrogen and oxygen atoms in total. The molecule has 2 aromatic carbocycles. The van der Waals surface area contributed by atoms with Gasteiger partial charge in [-0.05, 0) is 49.1 Å². The van der Waals surface area contributed by atoms with Crippen molar-refractivity contribution in [3.05, 3.63) is 70.8 Å². The van der Waals surface area contributed by atoms with Gasteiger partial charge in [0.1, 0.15) is 0 Å². The SMILES string of the molecule is CN=C(NCCc1cccc(C(=O)NC)c1)NCc1cccc(COC(C)C)c1. The summed E-state index contributed by atoms with van der Waals surface area (Å²) in [6.07, 6.45) is 1.02. The molecule has 0 bridgehead atoms. The summed E-state index contributed by atoms with van der Waals surface area (Å²) in [6.45, 7) is 6.10. The second-order valence-electron chi connectivity index (χ2n) is 7.06. The standard InChI is InChI=1S/C23H32N4O2/c1-17(2)29-16-20-9-5-8-19(13-20)15-27-23(25-4)26-12-11-18-7-6-10-21(14-18)22(28)24-3/h5-10,13-14,17H,11-12,15-16H2,1-4H3,(H,24,28)(H2,25,26,27). The Hall–Kier alpha value is -2.86. The van der Waals surface area contributed by atoms with E-state index in [1.165, 1.54) is 5.56 Å². The molecule has 0 atom stereocenters. The van der Waals surface area contributed by atoms with Gasteiger partial charge in [0.05, 0.1) is 12.7 Å². The van der Waals surface area contributed by atoms with Gasteiger partial charge in [-0.3, -0.25) is 9.79 Å². The monoisotopic (exact) mass is 396 g/mol. The number of hydrogen-bond donors (Lipinski definition) is 3. The molecule has 0 aliphatic heterocycles. The smallest absolute Gasteiger partial charge is 0.251 e. The number of carbonyl (C=O) groups is 1. The molecule has 0 unspecified atom stereocenters. The Morgan fingerprint density at radius 3 is 2.48 bits per heavy atom. The molecular weight excluding hydrogens is 364 g/mol. The van der Waals surface area contributed by atoms with Crippen molar-refractivity contribution in [2.24, 2.45) is 4.99 Å². The Morgan fingerprint density at radius 1 is 1.03 bits per heavy atom. The molecule has 0 fully saturated rings. The molecule has 0 spiro atoms. The van der Waals surface area contributed by atoms with E-state index in [4.69, 9.17) is 4.74 Å². The van der Waals surface area contributed by atoms with Crippen LogP contribution in [-0.2, 0) is 24.3 Å². The molecule has 1 amide bonds. The van der Waals surface area contributed by atoms with Crippen molar-refractivity contribution in [1.82, 2.24) is 16.0 Å². The highest BCUT2D eigenvalue weighted by atomic mass is 16.5. The van der Waals surface area contributed by atoms with Crippen molar-refractivity contribution in [3.63, 3.8) is 0 Å². The first-order valence-electron chi connectivity index (χ1n) is 9.96. The number of benzene rings is 2. The van der Waals surface area contributed by atoms with E-state index in [2.05, 4.69) is 39.1 Å². The number of ether oxygens (including phenoxy) is 1. The maximum atomic E-state index is 11.7. The molecule has 0 saturated carbocycles. The largest absolute Gasteiger partial charge is 0.374 e. The maximum Gasteiger partial charge on any atom is 0.251 e. The van der Waals surface area contributed by atoms with Crippen molar-refractivity contribution in [3.8, 4) is 0 Å². The summed E-state index contributed by atoms with van der Waals surface area (Å²) < 4.78 is 5.67. The summed E-state index contributed by atoms with van der Waals surface area (Å²) in [5.74, 6) is 0.676. The molecule has 0 aliphatic rings. The third-order valence-corrected chi connectivity index (χ3v) is 4.38. The molecule has 29 heavy (non-hydrogen) atoms. The number of nitrogens with one attached hydrogen (secondary N) is 3. The van der Waals surface area contributed by atoms with Gasteiger partial charge in [0.15, 0.2) is 5.96 Å². The normalized spacial score (nSPS) is 11.4. The molecule has 0 aliphatic carbocycles. The predicted molar refractivity (Wildman–Crippen MR) is 118 cm³/mol. The highest BCUT2D eigenvalue weighted by Gasteiger charge is 2.05. The number of guanidine groups is 1. The van der Waals surface area contributed by atoms with Crippen LogP contribution in [0.2, 0.25) is 0 Å². The average molecular weight is 397 g/mol. The van der Waals surface area contributed by atoms with Crippen molar-refractivity contribution < 1.29 is 9.53 Å². The molecule has 3 N–H and O–H groups in total. The second kappa shape index (κ2) is 11.9. The van der Waals surface area contributed by atoms with E-state index < -0.39 is 0 Å². The fourth-order valence-electron chi connectivity index (χ4n) is 2.84. The van der Waals surface area contributed by atoms with Crippen molar-refractivity contribution >= 4 is 11.9 Å². The van der Waals surface area contributed by atoms with Crippen LogP contribution in [0, 0.1) is 0 Å². The minimum Gasteiger partial charge on any atom is -0.374 e. The Morgan fingerprint density at radius 2 is 1.76 bits per heavy atom. The Bertz CT molecular complexity index is 818. The molecule has 2 aromatic rings. The maximum absolute atomic E-state index is 11.7. The number of amides is 1. The van der Waals surface area contributed by atoms with Crippen LogP contribution in [0.1, 0.15) is 40.9 Å². The van der Waals surface area contributed by atoms with Gasteiger partial charge in [0.25, 0.3) is 5.91 Å². The van der Waals surface area contributed by atoms with Crippen molar-refractivity contribution in [2.75, 3.05) is 20.6 Å². The predicted octanol–water partition coefficient (Wildman–Crippen LogP) is 2.88. The van der Waals surface area contributed by atoms with Crippen LogP contribution in [0.3, 0.4) is 0 Å². The lowest BCUT2D eigenvalue weighted by Crippen LogP contribution is -2.37. The number of aliphatic imine (C=N–C) groups is 1. The first-order valence-corrected chi connectivity index (χ1v) is 9.96. The first-order chi connectivity index (χ1) is 14.0. The van der Waals surface area contributed by atoms with Crippen LogP contribution in [0.15, 0.2) is 53.5 Å². The summed E-state index contributed by atoms with van der Waals surface area (Å²) >= 11 is 0. The zero-order valence-corrected chi connectivity index (χ0v) is 17.8. The summed E-state index contributed by atoms with van der Waals surface area (Å²) in [6, 6.07) is 16.0. The lowest BCUT2D eigenvalue weighted by molar-refractivity contribution is 0.0657. The lowest BCUT2D eigenvalue weighted by atomic mass is 10.1. The fraction of sp³-hybridized carbons (Fsp3) is 0.391. The van der Waals surface area contributed by atoms with Crippen molar-refractivity contribution in [1.29, 1.82) is 0 Å². The van der Waals surface area contributed by atoms with Crippen LogP contribution in [0.4, 0.5) is 0 Å². The fourth-order valence-corrected chi connectivity index (χ4v) is 2.84. The molecule has 0 saturated heterocycles. The first kappa shape index (κ1) is 22.4. The topological polar surface area (TPSA) is 74.8 Å². The van der Waals surface area contributed by atoms with E-state index in [0.29, 0.717) is 18.7 Å². The second-order valence-corrected chi connectivity index (χ2v) is 7.06. The van der Waals surface area contributed by atoms with Crippen LogP contribution < -0.4 is 16.0 Å². The zero-order chi connectivity index (χ0) is 21.1. The van der Waals surface area contributed by atoms with Gasteiger partial charge in [0, 0.05) is 32.7 Å². The molecule has 0 aromatic heterocycles. The molecular formula is C23H32N4O2. The Balaban J connectivity index is 1.81. The van der Waals surface area contributed by atoms with Gasteiger partial charge in [-0.15, -0.1) is 0 Å². The quantitative estimate of drug-likeness (QED) is 0.450. The Labute approximate surface area is 173 Å². The molecule has 0 heterocycles. The molecule has 0 radical (unpaired) electrons. The van der Waals surface area contributed by atoms with E-state index in [-0.39, 0.29) is 12.0 Å². The Kier molecular flexibility index (Phi) is 9.18. The number of nitrogens with zero attached hydrogens (tertiary/aromatic N) is 1. The third-order valence-electron chi connectivity index (χ3n) is 4.38. The molecule has 2 rings (SSSR count). The van der Waals surface area contributed by atoms with Crippen LogP contribution in [0.25, 0.3) is 0 Å². The van der Waals surface area contributed by atoms with Gasteiger partial charge in [-0.25, -0.2) is 0 Å². The average Bonchev–Trinajstić information content (AvgIpc) is 2.74. The van der Waals surface area contributed by atoms with Gasteiger partial charge >= 0.3 is 0 Å². The van der Waals surface area contributed by atoms with Gasteiger partial charge < -0.3 is 20.7 Å². The van der Waals surface area contributed by atoms with Crippen LogP contribution in [-0.4, -0.2) is 38.6 Å². The van der Waals surface area contributed by atoms with Gasteiger partial charge in [-0.2, -0.15) is 0 Å². The van der Waals surface area contributed by atoms with E-state index >= 15 is 0 Å². The number of hydrogen-bond acceptors (Lipinski definition) is 3. The summed E-state index contributed by atoms with van der Waals surface area (Å²) in [5, 5.41) is 9.31. The molecule has 6 heteroatoms. The highest BCUT2D eigenvalue weighted by Crippen LogP contribution is 2.08. The van der Waals surface area contributed by atoms with Crippen LogP contribution >= 0.6 is 0 Å². The van der Waals surface area contributed by atoms with Crippen molar-refractivity contribution in [2.45, 2.75) is 39.5 Å². The van der Waals surface area contributed by atoms with E-state index in [9.17, 15) is 4.79 Å². The lowest BCUT2D eigenvalue weighted by Gasteiger charge is -2.13. The summed E-state index contributed by atoms with van der Waals surface area (Å²) in [4.78, 5) is 16.0. The van der Waals surface area contributed by atoms with E-state index in [0.717, 1.165) is 30.1 Å². The van der Waals surface area contributed by atoms with E-state index in [1.54, 1.807) is 14.1 Å². The minimum atomic E-state index is -0.0710. The zero-order valence-electron chi connectivity index (χ0n) is 17.8. The third kappa shape index (κ3) is 7.95. The van der Waals surface area contributed by atoms with Gasteiger partial charge in [0.2, 0.25) is 0 Å². The molecule has 156 valence electrons. The number of rotatable bonds is 9. The summed E-state index contributed by atoms with van der Waals surface area (Å²) in [5.41, 5.74) is 4.12. The van der Waals surface area contributed by atoms with Gasteiger partial charge in [-0.1, -0.05) is 36.4 Å². The van der Waals surface area contributed by atoms with E-state index in [1.807, 2.05) is 44.2 Å². The minimum absolute atomic E-state index is 0.0710. The summed E-state index contributed by atoms with van der Waals surface area (Å²) in [7, 11) is 3.40. The highest BCUT2D eigenvalue weighted by molar-refractivity contribution is 5.94. The van der Waals surface area contributed by atoms with Crippen LogP contribution in [0.5, 0.6) is 0 Å². The number of carbonyl (C=O) groups excluding carboxylic acids is 1.